The van der Waals surface area contributed by atoms with Gasteiger partial charge in [0.2, 0.25) is 11.8 Å². The Hall–Kier alpha value is -2.59. The zero-order valence-corrected chi connectivity index (χ0v) is 26.8. The minimum absolute atomic E-state index is 0.00867. The number of hydrogen-bond acceptors (Lipinski definition) is 4. The normalized spacial score (nSPS) is 12.5. The lowest BCUT2D eigenvalue weighted by Crippen LogP contribution is -2.54. The maximum absolute atomic E-state index is 14.0. The van der Waals surface area contributed by atoms with Crippen LogP contribution in [0.1, 0.15) is 38.8 Å². The summed E-state index contributed by atoms with van der Waals surface area (Å²) in [5, 5.41) is 3.03. The first-order chi connectivity index (χ1) is 18.6. The van der Waals surface area contributed by atoms with Gasteiger partial charge in [0.1, 0.15) is 12.6 Å². The van der Waals surface area contributed by atoms with Crippen molar-refractivity contribution in [3.8, 4) is 0 Å². The summed E-state index contributed by atoms with van der Waals surface area (Å²) in [5.41, 5.74) is 1.16. The molecule has 3 aromatic rings. The molecule has 0 radical (unpaired) electrons. The number of carbonyl (C=O) groups is 2. The molecule has 2 amide bonds. The van der Waals surface area contributed by atoms with Crippen LogP contribution in [0.5, 0.6) is 0 Å². The third kappa shape index (κ3) is 8.00. The summed E-state index contributed by atoms with van der Waals surface area (Å²) in [6.07, 6.45) is 0. The van der Waals surface area contributed by atoms with Crippen molar-refractivity contribution < 1.29 is 18.0 Å². The molecule has 0 bridgehead atoms. The van der Waals surface area contributed by atoms with E-state index in [2.05, 4.69) is 21.2 Å². The zero-order valence-electron chi connectivity index (χ0n) is 22.9. The molecule has 214 valence electrons. The molecule has 3 aromatic carbocycles. The van der Waals surface area contributed by atoms with Crippen LogP contribution in [-0.4, -0.2) is 43.3 Å². The minimum atomic E-state index is -4.26. The smallest absolute Gasteiger partial charge is 0.264 e. The monoisotopic (exact) mass is 667 g/mol. The first-order valence-electron chi connectivity index (χ1n) is 12.5. The standard InChI is InChI=1S/C29H32BrCl2N3O4S/c1-19-9-15-23(16-10-19)40(38,39)35(25-8-6-7-24(31)27(25)32)18-26(36)34(17-21-11-13-22(30)14-12-21)20(2)28(37)33-29(3,4)5/h6-16,20H,17-18H2,1-5H3,(H,33,37)/t20-/m1/s1. The molecular formula is C29H32BrCl2N3O4S. The molecule has 0 unspecified atom stereocenters. The Morgan fingerprint density at radius 1 is 0.975 bits per heavy atom. The van der Waals surface area contributed by atoms with Crippen LogP contribution in [0.4, 0.5) is 5.69 Å². The Balaban J connectivity index is 2.08. The highest BCUT2D eigenvalue weighted by Crippen LogP contribution is 2.35. The highest BCUT2D eigenvalue weighted by atomic mass is 79.9. The maximum atomic E-state index is 14.0. The molecule has 0 saturated carbocycles. The molecule has 3 rings (SSSR count). The first-order valence-corrected chi connectivity index (χ1v) is 15.5. The van der Waals surface area contributed by atoms with Gasteiger partial charge in [-0.3, -0.25) is 13.9 Å². The molecular weight excluding hydrogens is 637 g/mol. The van der Waals surface area contributed by atoms with Crippen molar-refractivity contribution in [1.82, 2.24) is 10.2 Å². The van der Waals surface area contributed by atoms with Crippen LogP contribution < -0.4 is 9.62 Å². The van der Waals surface area contributed by atoms with Crippen molar-refractivity contribution in [2.45, 2.75) is 57.6 Å². The fourth-order valence-corrected chi connectivity index (χ4v) is 6.02. The van der Waals surface area contributed by atoms with Gasteiger partial charge >= 0.3 is 0 Å². The van der Waals surface area contributed by atoms with Gasteiger partial charge in [-0.2, -0.15) is 0 Å². The highest BCUT2D eigenvalue weighted by Gasteiger charge is 2.34. The zero-order chi connectivity index (χ0) is 29.8. The fraction of sp³-hybridized carbons (Fsp3) is 0.310. The number of aryl methyl sites for hydroxylation is 1. The number of nitrogens with zero attached hydrogens (tertiary/aromatic N) is 2. The molecule has 0 fully saturated rings. The third-order valence-electron chi connectivity index (χ3n) is 6.02. The van der Waals surface area contributed by atoms with Crippen molar-refractivity contribution in [2.24, 2.45) is 0 Å². The van der Waals surface area contributed by atoms with Crippen molar-refractivity contribution in [2.75, 3.05) is 10.8 Å². The van der Waals surface area contributed by atoms with Gasteiger partial charge in [0.15, 0.2) is 0 Å². The van der Waals surface area contributed by atoms with Gasteiger partial charge < -0.3 is 10.2 Å². The number of rotatable bonds is 9. The van der Waals surface area contributed by atoms with Crippen molar-refractivity contribution >= 4 is 66.7 Å². The number of amides is 2. The van der Waals surface area contributed by atoms with Crippen LogP contribution >= 0.6 is 39.1 Å². The van der Waals surface area contributed by atoms with E-state index in [0.29, 0.717) is 0 Å². The predicted molar refractivity (Wildman–Crippen MR) is 164 cm³/mol. The van der Waals surface area contributed by atoms with E-state index in [9.17, 15) is 18.0 Å². The van der Waals surface area contributed by atoms with Crippen molar-refractivity contribution in [3.63, 3.8) is 0 Å². The summed E-state index contributed by atoms with van der Waals surface area (Å²) in [7, 11) is -4.26. The molecule has 40 heavy (non-hydrogen) atoms. The molecule has 0 aliphatic carbocycles. The molecule has 0 aromatic heterocycles. The number of halogens is 3. The van der Waals surface area contributed by atoms with Gasteiger partial charge in [0, 0.05) is 16.6 Å². The molecule has 0 heterocycles. The van der Waals surface area contributed by atoms with E-state index in [-0.39, 0.29) is 33.1 Å². The van der Waals surface area contributed by atoms with Crippen LogP contribution in [0, 0.1) is 6.92 Å². The van der Waals surface area contributed by atoms with E-state index in [4.69, 9.17) is 23.2 Å². The summed E-state index contributed by atoms with van der Waals surface area (Å²) in [5.74, 6) is -0.960. The molecule has 0 spiro atoms. The number of hydrogen-bond donors (Lipinski definition) is 1. The van der Waals surface area contributed by atoms with Gasteiger partial charge in [0.25, 0.3) is 10.0 Å². The molecule has 0 aliphatic rings. The molecule has 1 N–H and O–H groups in total. The lowest BCUT2D eigenvalue weighted by Gasteiger charge is -2.33. The highest BCUT2D eigenvalue weighted by molar-refractivity contribution is 9.10. The lowest BCUT2D eigenvalue weighted by atomic mass is 10.1. The number of carbonyl (C=O) groups excluding carboxylic acids is 2. The van der Waals surface area contributed by atoms with E-state index < -0.39 is 34.1 Å². The number of benzene rings is 3. The Labute approximate surface area is 254 Å². The summed E-state index contributed by atoms with van der Waals surface area (Å²) < 4.78 is 29.6. The van der Waals surface area contributed by atoms with Crippen LogP contribution in [0.2, 0.25) is 10.0 Å². The van der Waals surface area contributed by atoms with E-state index in [1.54, 1.807) is 25.1 Å². The molecule has 0 saturated heterocycles. The fourth-order valence-electron chi connectivity index (χ4n) is 3.88. The second kappa shape index (κ2) is 12.9. The lowest BCUT2D eigenvalue weighted by molar-refractivity contribution is -0.140. The van der Waals surface area contributed by atoms with E-state index in [0.717, 1.165) is 19.9 Å². The Morgan fingerprint density at radius 2 is 1.57 bits per heavy atom. The molecule has 11 heteroatoms. The van der Waals surface area contributed by atoms with Gasteiger partial charge in [-0.1, -0.05) is 75.0 Å². The summed E-state index contributed by atoms with van der Waals surface area (Å²) in [4.78, 5) is 28.5. The topological polar surface area (TPSA) is 86.8 Å². The average molecular weight is 669 g/mol. The SMILES string of the molecule is Cc1ccc(S(=O)(=O)N(CC(=O)N(Cc2ccc(Br)cc2)[C@H](C)C(=O)NC(C)(C)C)c2cccc(Cl)c2Cl)cc1. The number of sulfonamides is 1. The Kier molecular flexibility index (Phi) is 10.3. The molecule has 0 aliphatic heterocycles. The molecule has 7 nitrogen and oxygen atoms in total. The van der Waals surface area contributed by atoms with Gasteiger partial charge in [-0.25, -0.2) is 8.42 Å². The second-order valence-corrected chi connectivity index (χ2v) is 14.0. The third-order valence-corrected chi connectivity index (χ3v) is 9.13. The van der Waals surface area contributed by atoms with Crippen molar-refractivity contribution in [3.05, 3.63) is 92.4 Å². The van der Waals surface area contributed by atoms with Crippen molar-refractivity contribution in [1.29, 1.82) is 0 Å². The van der Waals surface area contributed by atoms with E-state index in [1.165, 1.54) is 29.2 Å². The number of anilines is 1. The van der Waals surface area contributed by atoms with Crippen LogP contribution in [0.25, 0.3) is 0 Å². The van der Waals surface area contributed by atoms with E-state index in [1.807, 2.05) is 52.0 Å². The summed E-state index contributed by atoms with van der Waals surface area (Å²) in [6.45, 7) is 8.45. The summed E-state index contributed by atoms with van der Waals surface area (Å²) >= 11 is 16.1. The Morgan fingerprint density at radius 3 is 2.15 bits per heavy atom. The minimum Gasteiger partial charge on any atom is -0.350 e. The largest absolute Gasteiger partial charge is 0.350 e. The molecule has 1 atom stereocenters. The van der Waals surface area contributed by atoms with Gasteiger partial charge in [-0.15, -0.1) is 0 Å². The maximum Gasteiger partial charge on any atom is 0.264 e. The van der Waals surface area contributed by atoms with Crippen LogP contribution in [0.3, 0.4) is 0 Å². The first kappa shape index (κ1) is 31.9. The van der Waals surface area contributed by atoms with Crippen LogP contribution in [0.15, 0.2) is 76.1 Å². The van der Waals surface area contributed by atoms with Gasteiger partial charge in [-0.05, 0) is 76.6 Å². The second-order valence-electron chi connectivity index (χ2n) is 10.5. The number of nitrogens with one attached hydrogen (secondary N) is 1. The Bertz CT molecular complexity index is 1470. The predicted octanol–water partition coefficient (Wildman–Crippen LogP) is 6.59. The average Bonchev–Trinajstić information content (AvgIpc) is 2.87. The van der Waals surface area contributed by atoms with Gasteiger partial charge in [0.05, 0.1) is 20.6 Å². The summed E-state index contributed by atoms with van der Waals surface area (Å²) in [6, 6.07) is 17.3. The quantitative estimate of drug-likeness (QED) is 0.279. The van der Waals surface area contributed by atoms with E-state index >= 15 is 0 Å². The van der Waals surface area contributed by atoms with Crippen LogP contribution in [-0.2, 0) is 26.2 Å².